The molecule has 1 N–H and O–H groups in total. The zero-order valence-electron chi connectivity index (χ0n) is 19.2. The molecule has 0 saturated heterocycles. The maximum atomic E-state index is 12.4. The van der Waals surface area contributed by atoms with Crippen LogP contribution in [-0.4, -0.2) is 28.3 Å². The van der Waals surface area contributed by atoms with Gasteiger partial charge in [0.2, 0.25) is 0 Å². The van der Waals surface area contributed by atoms with E-state index in [1.807, 2.05) is 74.0 Å². The molecule has 0 bridgehead atoms. The van der Waals surface area contributed by atoms with Gasteiger partial charge in [-0.1, -0.05) is 50.2 Å². The predicted molar refractivity (Wildman–Crippen MR) is 127 cm³/mol. The number of hydrogen-bond acceptors (Lipinski definition) is 4. The first kappa shape index (κ1) is 23.0. The molecule has 32 heavy (non-hydrogen) atoms. The summed E-state index contributed by atoms with van der Waals surface area (Å²) < 4.78 is 6.98. The second-order valence-corrected chi connectivity index (χ2v) is 8.01. The second kappa shape index (κ2) is 10.1. The summed E-state index contributed by atoms with van der Waals surface area (Å²) in [5.41, 5.74) is 6.30. The van der Waals surface area contributed by atoms with Gasteiger partial charge in [-0.25, -0.2) is 9.48 Å². The van der Waals surface area contributed by atoms with Crippen molar-refractivity contribution in [2.45, 2.75) is 40.5 Å². The monoisotopic (exact) mass is 431 g/mol. The van der Waals surface area contributed by atoms with Gasteiger partial charge in [-0.2, -0.15) is 5.10 Å². The van der Waals surface area contributed by atoms with Gasteiger partial charge in [-0.15, -0.1) is 0 Å². The Labute approximate surface area is 188 Å². The van der Waals surface area contributed by atoms with Crippen molar-refractivity contribution in [3.8, 4) is 5.69 Å². The summed E-state index contributed by atoms with van der Waals surface area (Å²) in [6, 6.07) is 15.7. The molecule has 0 radical (unpaired) electrons. The van der Waals surface area contributed by atoms with Gasteiger partial charge in [-0.3, -0.25) is 4.79 Å². The number of nitrogens with one attached hydrogen (secondary N) is 1. The molecule has 2 aromatic carbocycles. The topological polar surface area (TPSA) is 73.2 Å². The van der Waals surface area contributed by atoms with Gasteiger partial charge in [0.25, 0.3) is 5.91 Å². The van der Waals surface area contributed by atoms with Gasteiger partial charge in [-0.05, 0) is 56.0 Å². The number of rotatable bonds is 7. The van der Waals surface area contributed by atoms with Crippen LogP contribution in [0.15, 0.2) is 54.6 Å². The number of para-hydroxylation sites is 2. The van der Waals surface area contributed by atoms with Crippen LogP contribution in [0.3, 0.4) is 0 Å². The van der Waals surface area contributed by atoms with E-state index in [4.69, 9.17) is 4.74 Å². The maximum Gasteiger partial charge on any atom is 0.331 e. The second-order valence-electron chi connectivity index (χ2n) is 8.01. The minimum Gasteiger partial charge on any atom is -0.452 e. The van der Waals surface area contributed by atoms with Crippen LogP contribution in [0, 0.1) is 20.8 Å². The van der Waals surface area contributed by atoms with E-state index in [9.17, 15) is 9.59 Å². The third kappa shape index (κ3) is 5.32. The lowest BCUT2D eigenvalue weighted by atomic mass is 9.98. The molecule has 0 saturated carbocycles. The van der Waals surface area contributed by atoms with Crippen LogP contribution >= 0.6 is 0 Å². The molecule has 166 valence electrons. The van der Waals surface area contributed by atoms with Crippen molar-refractivity contribution in [2.24, 2.45) is 0 Å². The molecule has 1 heterocycles. The standard InChI is InChI=1S/C26H29N3O3/c1-17(2)22-13-9-10-18(3)26(22)27-24(30)16-32-25(31)15-14-23-19(4)28-29(20(23)5)21-11-7-6-8-12-21/h6-15,17H,16H2,1-5H3,(H,27,30). The van der Waals surface area contributed by atoms with Gasteiger partial charge in [0.1, 0.15) is 0 Å². The van der Waals surface area contributed by atoms with E-state index in [1.165, 1.54) is 6.08 Å². The average Bonchev–Trinajstić information content (AvgIpc) is 3.06. The Morgan fingerprint density at radius 2 is 1.78 bits per heavy atom. The summed E-state index contributed by atoms with van der Waals surface area (Å²) in [6.07, 6.45) is 3.00. The van der Waals surface area contributed by atoms with E-state index >= 15 is 0 Å². The molecule has 0 aliphatic rings. The van der Waals surface area contributed by atoms with Crippen LogP contribution in [0.1, 0.15) is 47.8 Å². The fraction of sp³-hybridized carbons (Fsp3) is 0.269. The van der Waals surface area contributed by atoms with E-state index in [0.29, 0.717) is 0 Å². The van der Waals surface area contributed by atoms with Gasteiger partial charge >= 0.3 is 5.97 Å². The Kier molecular flexibility index (Phi) is 7.25. The maximum absolute atomic E-state index is 12.4. The van der Waals surface area contributed by atoms with Crippen molar-refractivity contribution in [1.82, 2.24) is 9.78 Å². The van der Waals surface area contributed by atoms with Crippen molar-refractivity contribution >= 4 is 23.6 Å². The molecule has 3 rings (SSSR count). The predicted octanol–water partition coefficient (Wildman–Crippen LogP) is 5.12. The normalized spacial score (nSPS) is 11.2. The molecule has 0 aliphatic heterocycles. The third-order valence-corrected chi connectivity index (χ3v) is 5.27. The first-order valence-electron chi connectivity index (χ1n) is 10.6. The molecule has 0 fully saturated rings. The number of amides is 1. The highest BCUT2D eigenvalue weighted by molar-refractivity contribution is 5.95. The van der Waals surface area contributed by atoms with Crippen molar-refractivity contribution in [1.29, 1.82) is 0 Å². The van der Waals surface area contributed by atoms with E-state index in [0.717, 1.165) is 39.5 Å². The van der Waals surface area contributed by atoms with Gasteiger partial charge in [0.15, 0.2) is 6.61 Å². The molecular formula is C26H29N3O3. The number of esters is 1. The van der Waals surface area contributed by atoms with Crippen molar-refractivity contribution in [2.75, 3.05) is 11.9 Å². The van der Waals surface area contributed by atoms with Crippen molar-refractivity contribution in [3.63, 3.8) is 0 Å². The molecule has 0 atom stereocenters. The molecule has 1 aromatic heterocycles. The number of carbonyl (C=O) groups is 2. The highest BCUT2D eigenvalue weighted by atomic mass is 16.5. The highest BCUT2D eigenvalue weighted by Gasteiger charge is 2.14. The van der Waals surface area contributed by atoms with Crippen LogP contribution in [0.5, 0.6) is 0 Å². The number of benzene rings is 2. The summed E-state index contributed by atoms with van der Waals surface area (Å²) in [6.45, 7) is 9.56. The van der Waals surface area contributed by atoms with Crippen LogP contribution in [0.2, 0.25) is 0 Å². The SMILES string of the molecule is Cc1cccc(C(C)C)c1NC(=O)COC(=O)C=Cc1c(C)nn(-c2ccccc2)c1C. The number of carbonyl (C=O) groups excluding carboxylic acids is 2. The van der Waals surface area contributed by atoms with Crippen LogP contribution < -0.4 is 5.32 Å². The highest BCUT2D eigenvalue weighted by Crippen LogP contribution is 2.27. The molecular weight excluding hydrogens is 402 g/mol. The molecule has 0 aliphatic carbocycles. The van der Waals surface area contributed by atoms with Crippen LogP contribution in [0.4, 0.5) is 5.69 Å². The van der Waals surface area contributed by atoms with Crippen LogP contribution in [-0.2, 0) is 14.3 Å². The minimum atomic E-state index is -0.583. The molecule has 6 heteroatoms. The number of aromatic nitrogens is 2. The first-order chi connectivity index (χ1) is 15.3. The molecule has 0 spiro atoms. The Hall–Kier alpha value is -3.67. The lowest BCUT2D eigenvalue weighted by molar-refractivity contribution is -0.142. The lowest BCUT2D eigenvalue weighted by Crippen LogP contribution is -2.21. The van der Waals surface area contributed by atoms with Gasteiger partial charge < -0.3 is 10.1 Å². The van der Waals surface area contributed by atoms with E-state index in [2.05, 4.69) is 24.3 Å². The van der Waals surface area contributed by atoms with Crippen LogP contribution in [0.25, 0.3) is 11.8 Å². The number of hydrogen-bond donors (Lipinski definition) is 1. The number of anilines is 1. The summed E-state index contributed by atoms with van der Waals surface area (Å²) >= 11 is 0. The van der Waals surface area contributed by atoms with E-state index in [1.54, 1.807) is 6.08 Å². The summed E-state index contributed by atoms with van der Waals surface area (Å²) in [5, 5.41) is 7.43. The number of nitrogens with zero attached hydrogens (tertiary/aromatic N) is 2. The molecule has 6 nitrogen and oxygen atoms in total. The lowest BCUT2D eigenvalue weighted by Gasteiger charge is -2.16. The number of ether oxygens (including phenoxy) is 1. The Morgan fingerprint density at radius 3 is 2.47 bits per heavy atom. The smallest absolute Gasteiger partial charge is 0.331 e. The molecule has 3 aromatic rings. The zero-order valence-corrected chi connectivity index (χ0v) is 19.2. The van der Waals surface area contributed by atoms with Crippen molar-refractivity contribution in [3.05, 3.63) is 82.7 Å². The Bertz CT molecular complexity index is 1140. The molecule has 0 unspecified atom stereocenters. The largest absolute Gasteiger partial charge is 0.452 e. The summed E-state index contributed by atoms with van der Waals surface area (Å²) in [7, 11) is 0. The fourth-order valence-electron chi connectivity index (χ4n) is 3.57. The molecule has 1 amide bonds. The summed E-state index contributed by atoms with van der Waals surface area (Å²) in [4.78, 5) is 24.6. The van der Waals surface area contributed by atoms with Crippen molar-refractivity contribution < 1.29 is 14.3 Å². The average molecular weight is 432 g/mol. The Morgan fingerprint density at radius 1 is 1.06 bits per heavy atom. The van der Waals surface area contributed by atoms with Gasteiger partial charge in [0.05, 0.1) is 11.4 Å². The van der Waals surface area contributed by atoms with E-state index in [-0.39, 0.29) is 18.4 Å². The number of aryl methyl sites for hydroxylation is 2. The van der Waals surface area contributed by atoms with Gasteiger partial charge in [0, 0.05) is 23.0 Å². The van der Waals surface area contributed by atoms with E-state index < -0.39 is 5.97 Å². The third-order valence-electron chi connectivity index (χ3n) is 5.27. The minimum absolute atomic E-state index is 0.263. The fourth-order valence-corrected chi connectivity index (χ4v) is 3.57. The first-order valence-corrected chi connectivity index (χ1v) is 10.6. The quantitative estimate of drug-likeness (QED) is 0.416. The summed E-state index contributed by atoms with van der Waals surface area (Å²) in [5.74, 6) is -0.688. The zero-order chi connectivity index (χ0) is 23.3. The Balaban J connectivity index is 1.63.